The maximum absolute atomic E-state index is 13.8. The van der Waals surface area contributed by atoms with E-state index >= 15 is 0 Å². The Morgan fingerprint density at radius 1 is 1.36 bits per heavy atom. The van der Waals surface area contributed by atoms with E-state index in [9.17, 15) is 4.39 Å². The molecule has 1 aliphatic heterocycles. The topological polar surface area (TPSA) is 47.9 Å². The minimum absolute atomic E-state index is 0.246. The van der Waals surface area contributed by atoms with E-state index in [2.05, 4.69) is 28.8 Å². The van der Waals surface area contributed by atoms with Gasteiger partial charge in [0, 0.05) is 30.6 Å². The molecule has 4 heteroatoms. The average Bonchev–Trinajstić information content (AvgIpc) is 2.55. The standard InChI is InChI=1S/C18H20FN3/c1-12-7-15(9-20)18(8-17(12)19)22-10-14-4-2-3-13-5-6-21-11-16(13)14/h2-4,7-9,20-22H,5-6,10-11H2,1H3. The Morgan fingerprint density at radius 2 is 2.23 bits per heavy atom. The molecule has 0 saturated heterocycles. The smallest absolute Gasteiger partial charge is 0.128 e. The summed E-state index contributed by atoms with van der Waals surface area (Å²) in [6, 6.07) is 9.53. The van der Waals surface area contributed by atoms with Crippen LogP contribution in [0.1, 0.15) is 27.8 Å². The normalized spacial score (nSPS) is 13.5. The first-order valence-electron chi connectivity index (χ1n) is 7.54. The molecule has 0 saturated carbocycles. The Morgan fingerprint density at radius 3 is 3.05 bits per heavy atom. The monoisotopic (exact) mass is 297 g/mol. The highest BCUT2D eigenvalue weighted by Gasteiger charge is 2.13. The fourth-order valence-electron chi connectivity index (χ4n) is 2.92. The lowest BCUT2D eigenvalue weighted by Crippen LogP contribution is -2.25. The number of hydrogen-bond acceptors (Lipinski definition) is 3. The van der Waals surface area contributed by atoms with Crippen molar-refractivity contribution in [1.29, 1.82) is 5.41 Å². The number of anilines is 1. The van der Waals surface area contributed by atoms with Crippen LogP contribution in [0.4, 0.5) is 10.1 Å². The Hall–Kier alpha value is -2.20. The fraction of sp³-hybridized carbons (Fsp3) is 0.278. The molecule has 114 valence electrons. The van der Waals surface area contributed by atoms with Crippen LogP contribution >= 0.6 is 0 Å². The van der Waals surface area contributed by atoms with E-state index < -0.39 is 0 Å². The molecule has 0 aliphatic carbocycles. The molecule has 0 radical (unpaired) electrons. The van der Waals surface area contributed by atoms with Crippen molar-refractivity contribution >= 4 is 11.9 Å². The van der Waals surface area contributed by atoms with Crippen molar-refractivity contribution in [3.8, 4) is 0 Å². The second-order valence-electron chi connectivity index (χ2n) is 5.67. The number of benzene rings is 2. The van der Waals surface area contributed by atoms with Crippen LogP contribution in [0.3, 0.4) is 0 Å². The Labute approximate surface area is 130 Å². The molecule has 3 N–H and O–H groups in total. The summed E-state index contributed by atoms with van der Waals surface area (Å²) in [7, 11) is 0. The van der Waals surface area contributed by atoms with E-state index in [1.165, 1.54) is 29.0 Å². The number of nitrogens with one attached hydrogen (secondary N) is 3. The van der Waals surface area contributed by atoms with Gasteiger partial charge in [-0.1, -0.05) is 18.2 Å². The summed E-state index contributed by atoms with van der Waals surface area (Å²) in [4.78, 5) is 0. The largest absolute Gasteiger partial charge is 0.380 e. The minimum Gasteiger partial charge on any atom is -0.380 e. The van der Waals surface area contributed by atoms with Gasteiger partial charge in [-0.25, -0.2) is 4.39 Å². The quantitative estimate of drug-likeness (QED) is 0.758. The molecule has 1 heterocycles. The third-order valence-corrected chi connectivity index (χ3v) is 4.20. The molecule has 1 aliphatic rings. The summed E-state index contributed by atoms with van der Waals surface area (Å²) in [6.07, 6.45) is 2.31. The fourth-order valence-corrected chi connectivity index (χ4v) is 2.92. The molecule has 0 aromatic heterocycles. The van der Waals surface area contributed by atoms with Crippen LogP contribution in [0.15, 0.2) is 30.3 Å². The number of rotatable bonds is 4. The maximum Gasteiger partial charge on any atom is 0.128 e. The van der Waals surface area contributed by atoms with Gasteiger partial charge in [0.2, 0.25) is 0 Å². The van der Waals surface area contributed by atoms with Gasteiger partial charge in [0.25, 0.3) is 0 Å². The minimum atomic E-state index is -0.246. The van der Waals surface area contributed by atoms with Gasteiger partial charge < -0.3 is 16.0 Å². The lowest BCUT2D eigenvalue weighted by molar-refractivity contribution is 0.618. The zero-order valence-electron chi connectivity index (χ0n) is 12.7. The lowest BCUT2D eigenvalue weighted by atomic mass is 9.96. The van der Waals surface area contributed by atoms with Crippen molar-refractivity contribution in [2.45, 2.75) is 26.4 Å². The van der Waals surface area contributed by atoms with Crippen LogP contribution in [0.2, 0.25) is 0 Å². The van der Waals surface area contributed by atoms with Crippen LogP contribution in [0.25, 0.3) is 0 Å². The van der Waals surface area contributed by atoms with Crippen LogP contribution in [0, 0.1) is 18.2 Å². The summed E-state index contributed by atoms with van der Waals surface area (Å²) in [5.41, 5.74) is 5.89. The van der Waals surface area contributed by atoms with Crippen molar-refractivity contribution < 1.29 is 4.39 Å². The van der Waals surface area contributed by atoms with Gasteiger partial charge in [0.05, 0.1) is 0 Å². The molecule has 0 spiro atoms. The molecule has 0 fully saturated rings. The third kappa shape index (κ3) is 2.88. The maximum atomic E-state index is 13.8. The summed E-state index contributed by atoms with van der Waals surface area (Å²) in [6.45, 7) is 4.25. The number of fused-ring (bicyclic) bond motifs is 1. The van der Waals surface area contributed by atoms with Gasteiger partial charge in [-0.05, 0) is 54.3 Å². The second-order valence-corrected chi connectivity index (χ2v) is 5.67. The highest BCUT2D eigenvalue weighted by Crippen LogP contribution is 2.22. The van der Waals surface area contributed by atoms with E-state index in [4.69, 9.17) is 5.41 Å². The van der Waals surface area contributed by atoms with Gasteiger partial charge in [-0.2, -0.15) is 0 Å². The van der Waals surface area contributed by atoms with Crippen molar-refractivity contribution in [2.24, 2.45) is 0 Å². The van der Waals surface area contributed by atoms with E-state index in [1.807, 2.05) is 0 Å². The van der Waals surface area contributed by atoms with E-state index in [0.29, 0.717) is 23.4 Å². The predicted octanol–water partition coefficient (Wildman–Crippen LogP) is 3.39. The highest BCUT2D eigenvalue weighted by atomic mass is 19.1. The molecule has 2 aromatic carbocycles. The van der Waals surface area contributed by atoms with Crippen LogP contribution in [-0.2, 0) is 19.5 Å². The summed E-state index contributed by atoms with van der Waals surface area (Å²) in [5.74, 6) is -0.246. The van der Waals surface area contributed by atoms with Crippen molar-refractivity contribution in [2.75, 3.05) is 11.9 Å². The van der Waals surface area contributed by atoms with Crippen LogP contribution in [-0.4, -0.2) is 12.8 Å². The Balaban J connectivity index is 1.84. The van der Waals surface area contributed by atoms with Gasteiger partial charge in [0.1, 0.15) is 5.82 Å². The molecular formula is C18H20FN3. The number of halogens is 1. The van der Waals surface area contributed by atoms with Crippen LogP contribution in [0.5, 0.6) is 0 Å². The molecule has 0 amide bonds. The molecule has 3 rings (SSSR count). The first kappa shape index (κ1) is 14.7. The average molecular weight is 297 g/mol. The highest BCUT2D eigenvalue weighted by molar-refractivity contribution is 5.86. The zero-order valence-corrected chi connectivity index (χ0v) is 12.7. The summed E-state index contributed by atoms with van der Waals surface area (Å²) >= 11 is 0. The summed E-state index contributed by atoms with van der Waals surface area (Å²) < 4.78 is 13.8. The first-order valence-corrected chi connectivity index (χ1v) is 7.54. The molecule has 0 bridgehead atoms. The second kappa shape index (κ2) is 6.28. The lowest BCUT2D eigenvalue weighted by Gasteiger charge is -2.21. The van der Waals surface area contributed by atoms with Gasteiger partial charge in [-0.15, -0.1) is 0 Å². The number of hydrogen-bond donors (Lipinski definition) is 3. The molecule has 0 unspecified atom stereocenters. The molecule has 0 atom stereocenters. The molecule has 2 aromatic rings. The van der Waals surface area contributed by atoms with E-state index in [1.54, 1.807) is 13.0 Å². The number of aryl methyl sites for hydroxylation is 1. The van der Waals surface area contributed by atoms with Gasteiger partial charge >= 0.3 is 0 Å². The van der Waals surface area contributed by atoms with Crippen molar-refractivity contribution in [1.82, 2.24) is 5.32 Å². The van der Waals surface area contributed by atoms with E-state index in [0.717, 1.165) is 19.5 Å². The SMILES string of the molecule is Cc1cc(C=N)c(NCc2cccc3c2CNCC3)cc1F. The van der Waals surface area contributed by atoms with Gasteiger partial charge in [0.15, 0.2) is 0 Å². The van der Waals surface area contributed by atoms with Crippen molar-refractivity contribution in [3.63, 3.8) is 0 Å². The predicted molar refractivity (Wildman–Crippen MR) is 88.2 cm³/mol. The Bertz CT molecular complexity index is 710. The Kier molecular flexibility index (Phi) is 4.20. The summed E-state index contributed by atoms with van der Waals surface area (Å²) in [5, 5.41) is 14.2. The third-order valence-electron chi connectivity index (χ3n) is 4.20. The van der Waals surface area contributed by atoms with Crippen LogP contribution < -0.4 is 10.6 Å². The van der Waals surface area contributed by atoms with Crippen molar-refractivity contribution in [3.05, 3.63) is 64.0 Å². The van der Waals surface area contributed by atoms with E-state index in [-0.39, 0.29) is 5.82 Å². The first-order chi connectivity index (χ1) is 10.7. The van der Waals surface area contributed by atoms with Gasteiger partial charge in [-0.3, -0.25) is 0 Å². The zero-order chi connectivity index (χ0) is 15.5. The molecule has 22 heavy (non-hydrogen) atoms. The molecular weight excluding hydrogens is 277 g/mol. The molecule has 3 nitrogen and oxygen atoms in total.